The number of fused-ring (bicyclic) bond motifs is 1. The molecule has 0 bridgehead atoms. The van der Waals surface area contributed by atoms with Gasteiger partial charge in [0, 0.05) is 57.0 Å². The van der Waals surface area contributed by atoms with E-state index in [-0.39, 0.29) is 41.9 Å². The number of ether oxygens (including phenoxy) is 1. The van der Waals surface area contributed by atoms with Crippen LogP contribution in [0, 0.1) is 5.92 Å². The van der Waals surface area contributed by atoms with Crippen molar-refractivity contribution in [3.63, 3.8) is 0 Å². The lowest BCUT2D eigenvalue weighted by Gasteiger charge is -2.37. The van der Waals surface area contributed by atoms with Crippen LogP contribution in [0.5, 0.6) is 5.88 Å². The number of hydrogen-bond acceptors (Lipinski definition) is 7. The molecule has 4 rings (SSSR count). The van der Waals surface area contributed by atoms with Crippen LogP contribution in [-0.4, -0.2) is 101 Å². The molecule has 0 aliphatic carbocycles. The lowest BCUT2D eigenvalue weighted by atomic mass is 9.98. The average Bonchev–Trinajstić information content (AvgIpc) is 2.98. The van der Waals surface area contributed by atoms with Gasteiger partial charge < -0.3 is 24.7 Å². The smallest absolute Gasteiger partial charge is 0.335 e. The standard InChI is InChI=1S/C32H38N4O6/c1-20-16-36(21(2)19-37)31(39)27-14-26(23-10-12-24(13-11-23)30(38)34(3)4)15-33-29(27)42-28(20)18-35(5)17-22-6-8-25(9-7-22)32(40)41/h6-15,20-21,28,37H,16-19H2,1-5H3,(H,40,41)/t20-,21-,28+/m1/s1. The van der Waals surface area contributed by atoms with Crippen molar-refractivity contribution in [2.75, 3.05) is 40.8 Å². The van der Waals surface area contributed by atoms with Gasteiger partial charge in [-0.3, -0.25) is 14.5 Å². The van der Waals surface area contributed by atoms with E-state index in [1.807, 2.05) is 33.0 Å². The van der Waals surface area contributed by atoms with E-state index in [9.17, 15) is 24.6 Å². The summed E-state index contributed by atoms with van der Waals surface area (Å²) in [6, 6.07) is 15.3. The first kappa shape index (κ1) is 30.7. The van der Waals surface area contributed by atoms with Gasteiger partial charge in [0.15, 0.2) is 0 Å². The fourth-order valence-corrected chi connectivity index (χ4v) is 4.98. The van der Waals surface area contributed by atoms with Gasteiger partial charge in [0.25, 0.3) is 11.8 Å². The van der Waals surface area contributed by atoms with Gasteiger partial charge in [-0.15, -0.1) is 0 Å². The largest absolute Gasteiger partial charge is 0.478 e. The molecule has 0 spiro atoms. The predicted octanol–water partition coefficient (Wildman–Crippen LogP) is 3.50. The van der Waals surface area contributed by atoms with Gasteiger partial charge in [-0.2, -0.15) is 0 Å². The van der Waals surface area contributed by atoms with E-state index in [1.165, 1.54) is 4.90 Å². The monoisotopic (exact) mass is 574 g/mol. The molecule has 0 unspecified atom stereocenters. The number of aromatic nitrogens is 1. The van der Waals surface area contributed by atoms with Gasteiger partial charge in [0.2, 0.25) is 5.88 Å². The van der Waals surface area contributed by atoms with E-state index < -0.39 is 12.0 Å². The minimum atomic E-state index is -0.964. The number of rotatable bonds is 9. The second kappa shape index (κ2) is 13.1. The van der Waals surface area contributed by atoms with Gasteiger partial charge in [-0.25, -0.2) is 9.78 Å². The second-order valence-electron chi connectivity index (χ2n) is 11.2. The summed E-state index contributed by atoms with van der Waals surface area (Å²) in [7, 11) is 5.36. The number of hydrogen-bond donors (Lipinski definition) is 2. The van der Waals surface area contributed by atoms with E-state index in [2.05, 4.69) is 9.88 Å². The summed E-state index contributed by atoms with van der Waals surface area (Å²) < 4.78 is 6.42. The second-order valence-corrected chi connectivity index (χ2v) is 11.2. The fourth-order valence-electron chi connectivity index (χ4n) is 4.98. The van der Waals surface area contributed by atoms with Crippen molar-refractivity contribution in [3.05, 3.63) is 83.0 Å². The Bertz CT molecular complexity index is 1420. The van der Waals surface area contributed by atoms with Crippen LogP contribution in [0.3, 0.4) is 0 Å². The predicted molar refractivity (Wildman–Crippen MR) is 159 cm³/mol. The van der Waals surface area contributed by atoms with Gasteiger partial charge in [-0.05, 0) is 55.4 Å². The van der Waals surface area contributed by atoms with Gasteiger partial charge in [-0.1, -0.05) is 31.2 Å². The molecule has 1 aliphatic heterocycles. The van der Waals surface area contributed by atoms with Crippen molar-refractivity contribution >= 4 is 17.8 Å². The number of likely N-dealkylation sites (N-methyl/N-ethyl adjacent to an activating group) is 1. The molecule has 2 heterocycles. The molecule has 0 fully saturated rings. The highest BCUT2D eigenvalue weighted by molar-refractivity contribution is 5.98. The Morgan fingerprint density at radius 3 is 2.29 bits per heavy atom. The Labute approximate surface area is 246 Å². The maximum Gasteiger partial charge on any atom is 0.335 e. The summed E-state index contributed by atoms with van der Waals surface area (Å²) in [5, 5.41) is 19.1. The number of aliphatic hydroxyl groups is 1. The summed E-state index contributed by atoms with van der Waals surface area (Å²) in [6.45, 7) is 5.14. The van der Waals surface area contributed by atoms with Crippen molar-refractivity contribution in [1.82, 2.24) is 19.7 Å². The van der Waals surface area contributed by atoms with Crippen LogP contribution >= 0.6 is 0 Å². The lowest BCUT2D eigenvalue weighted by molar-refractivity contribution is 0.0325. The van der Waals surface area contributed by atoms with Crippen LogP contribution in [0.25, 0.3) is 11.1 Å². The summed E-state index contributed by atoms with van der Waals surface area (Å²) in [5.74, 6) is -1.17. The molecule has 42 heavy (non-hydrogen) atoms. The first-order valence-electron chi connectivity index (χ1n) is 13.9. The number of carbonyl (C=O) groups is 3. The molecule has 2 aromatic carbocycles. The number of pyridine rings is 1. The number of carboxylic acid groups (broad SMARTS) is 1. The third kappa shape index (κ3) is 6.95. The van der Waals surface area contributed by atoms with Crippen molar-refractivity contribution in [2.45, 2.75) is 32.5 Å². The maximum absolute atomic E-state index is 13.8. The number of aromatic carboxylic acids is 1. The Kier molecular flexibility index (Phi) is 9.59. The van der Waals surface area contributed by atoms with Crippen molar-refractivity contribution in [1.29, 1.82) is 0 Å². The van der Waals surface area contributed by atoms with Crippen LogP contribution in [0.4, 0.5) is 0 Å². The molecule has 2 N–H and O–H groups in total. The number of nitrogens with zero attached hydrogens (tertiary/aromatic N) is 4. The summed E-state index contributed by atoms with van der Waals surface area (Å²) in [6.07, 6.45) is 1.34. The summed E-state index contributed by atoms with van der Waals surface area (Å²) in [5.41, 5.74) is 3.58. The summed E-state index contributed by atoms with van der Waals surface area (Å²) >= 11 is 0. The highest BCUT2D eigenvalue weighted by Gasteiger charge is 2.34. The normalized spacial score (nSPS) is 17.6. The molecular formula is C32H38N4O6. The Hall–Kier alpha value is -4.28. The maximum atomic E-state index is 13.8. The fraction of sp³-hybridized carbons (Fsp3) is 0.375. The molecule has 0 radical (unpaired) electrons. The van der Waals surface area contributed by atoms with Crippen LogP contribution in [0.1, 0.15) is 50.5 Å². The van der Waals surface area contributed by atoms with Gasteiger partial charge in [0.05, 0.1) is 18.2 Å². The number of amides is 2. The molecule has 3 atom stereocenters. The van der Waals surface area contributed by atoms with E-state index in [0.29, 0.717) is 36.3 Å². The minimum Gasteiger partial charge on any atom is -0.478 e. The molecular weight excluding hydrogens is 536 g/mol. The number of benzene rings is 2. The van der Waals surface area contributed by atoms with E-state index in [4.69, 9.17) is 4.74 Å². The van der Waals surface area contributed by atoms with Crippen molar-refractivity contribution in [3.8, 4) is 17.0 Å². The number of carboxylic acids is 1. The molecule has 10 nitrogen and oxygen atoms in total. The van der Waals surface area contributed by atoms with E-state index in [1.54, 1.807) is 67.7 Å². The van der Waals surface area contributed by atoms with Gasteiger partial charge >= 0.3 is 5.97 Å². The molecule has 3 aromatic rings. The molecule has 222 valence electrons. The van der Waals surface area contributed by atoms with Crippen LogP contribution in [-0.2, 0) is 6.54 Å². The molecule has 1 aliphatic rings. The Balaban J connectivity index is 1.61. The van der Waals surface area contributed by atoms with Crippen LogP contribution < -0.4 is 4.74 Å². The van der Waals surface area contributed by atoms with Crippen LogP contribution in [0.2, 0.25) is 0 Å². The Morgan fingerprint density at radius 2 is 1.69 bits per heavy atom. The zero-order valence-corrected chi connectivity index (χ0v) is 24.7. The number of aliphatic hydroxyl groups excluding tert-OH is 1. The SMILES string of the molecule is C[C@@H]1CN([C@H](C)CO)C(=O)c2cc(-c3ccc(C(=O)N(C)C)cc3)cnc2O[C@H]1CN(C)Cc1ccc(C(=O)O)cc1. The van der Waals surface area contributed by atoms with E-state index >= 15 is 0 Å². The highest BCUT2D eigenvalue weighted by Crippen LogP contribution is 2.30. The summed E-state index contributed by atoms with van der Waals surface area (Å²) in [4.78, 5) is 47.1. The minimum absolute atomic E-state index is 0.0730. The van der Waals surface area contributed by atoms with Gasteiger partial charge in [0.1, 0.15) is 11.7 Å². The first-order chi connectivity index (χ1) is 20.0. The van der Waals surface area contributed by atoms with Crippen LogP contribution in [0.15, 0.2) is 60.8 Å². The van der Waals surface area contributed by atoms with Crippen molar-refractivity contribution in [2.24, 2.45) is 5.92 Å². The first-order valence-corrected chi connectivity index (χ1v) is 13.9. The zero-order valence-electron chi connectivity index (χ0n) is 24.7. The third-order valence-electron chi connectivity index (χ3n) is 7.54. The molecule has 0 saturated heterocycles. The number of carbonyl (C=O) groups excluding carboxylic acids is 2. The van der Waals surface area contributed by atoms with E-state index in [0.717, 1.165) is 11.1 Å². The lowest BCUT2D eigenvalue weighted by Crippen LogP contribution is -2.49. The molecule has 0 saturated carbocycles. The average molecular weight is 575 g/mol. The quantitative estimate of drug-likeness (QED) is 0.398. The Morgan fingerprint density at radius 1 is 1.05 bits per heavy atom. The topological polar surface area (TPSA) is 124 Å². The molecule has 1 aromatic heterocycles. The third-order valence-corrected chi connectivity index (χ3v) is 7.54. The van der Waals surface area contributed by atoms with Crippen molar-refractivity contribution < 1.29 is 29.3 Å². The highest BCUT2D eigenvalue weighted by atomic mass is 16.5. The molecule has 2 amide bonds. The molecule has 10 heteroatoms. The zero-order chi connectivity index (χ0) is 30.6.